The molecule has 4 nitrogen and oxygen atoms in total. The molecule has 2 aromatic rings. The summed E-state index contributed by atoms with van der Waals surface area (Å²) >= 11 is 0. The number of esters is 1. The topological polar surface area (TPSA) is 59.2 Å². The first-order chi connectivity index (χ1) is 12.7. The van der Waals surface area contributed by atoms with Crippen molar-refractivity contribution in [2.24, 2.45) is 0 Å². The maximum Gasteiger partial charge on any atom is 0.355 e. The molecule has 1 aliphatic rings. The van der Waals surface area contributed by atoms with Crippen molar-refractivity contribution in [1.29, 1.82) is 0 Å². The van der Waals surface area contributed by atoms with Gasteiger partial charge in [0.05, 0.1) is 0 Å². The Hall–Kier alpha value is -2.62. The van der Waals surface area contributed by atoms with Crippen LogP contribution in [0.3, 0.4) is 0 Å². The molecular formula is C23H27NO3. The number of aromatic amines is 1. The number of ketones is 1. The molecular weight excluding hydrogens is 338 g/mol. The fourth-order valence-electron chi connectivity index (χ4n) is 3.74. The van der Waals surface area contributed by atoms with Gasteiger partial charge in [0.15, 0.2) is 5.78 Å². The second kappa shape index (κ2) is 7.18. The number of aromatic nitrogens is 1. The highest BCUT2D eigenvalue weighted by atomic mass is 16.5. The number of benzene rings is 1. The van der Waals surface area contributed by atoms with Crippen LogP contribution in [0.4, 0.5) is 0 Å². The maximum absolute atomic E-state index is 12.8. The lowest BCUT2D eigenvalue weighted by Gasteiger charge is -2.24. The van der Waals surface area contributed by atoms with E-state index in [4.69, 9.17) is 4.74 Å². The van der Waals surface area contributed by atoms with Gasteiger partial charge in [-0.05, 0) is 41.4 Å². The SMILES string of the molecule is C=CCOC(=O)c1[nH]c2c(c1C)C(=O)CC(c1ccc(C(C)(C)C)cc1)C2. The number of fused-ring (bicyclic) bond motifs is 1. The third kappa shape index (κ3) is 3.75. The van der Waals surface area contributed by atoms with Gasteiger partial charge in [-0.2, -0.15) is 0 Å². The highest BCUT2D eigenvalue weighted by molar-refractivity contribution is 6.03. The van der Waals surface area contributed by atoms with Gasteiger partial charge in [-0.1, -0.05) is 57.7 Å². The van der Waals surface area contributed by atoms with E-state index in [1.165, 1.54) is 11.6 Å². The number of hydrogen-bond donors (Lipinski definition) is 1. The molecule has 142 valence electrons. The van der Waals surface area contributed by atoms with Crippen LogP contribution < -0.4 is 0 Å². The summed E-state index contributed by atoms with van der Waals surface area (Å²) in [5.74, 6) is -0.243. The molecule has 0 aliphatic heterocycles. The molecule has 0 amide bonds. The lowest BCUT2D eigenvalue weighted by molar-refractivity contribution is 0.0542. The van der Waals surface area contributed by atoms with Crippen LogP contribution in [-0.2, 0) is 16.6 Å². The van der Waals surface area contributed by atoms with Gasteiger partial charge in [-0.25, -0.2) is 4.79 Å². The van der Waals surface area contributed by atoms with Gasteiger partial charge in [0.1, 0.15) is 12.3 Å². The van der Waals surface area contributed by atoms with Crippen LogP contribution >= 0.6 is 0 Å². The van der Waals surface area contributed by atoms with Crippen molar-refractivity contribution in [3.63, 3.8) is 0 Å². The number of Topliss-reactive ketones (excluding diaryl/α,β-unsaturated/α-hetero) is 1. The summed E-state index contributed by atoms with van der Waals surface area (Å²) in [6.45, 7) is 12.1. The summed E-state index contributed by atoms with van der Waals surface area (Å²) in [6.07, 6.45) is 2.70. The van der Waals surface area contributed by atoms with Crippen molar-refractivity contribution in [3.05, 3.63) is 70.6 Å². The molecule has 27 heavy (non-hydrogen) atoms. The number of carbonyl (C=O) groups excluding carboxylic acids is 2. The highest BCUT2D eigenvalue weighted by Crippen LogP contribution is 2.36. The molecule has 1 aliphatic carbocycles. The van der Waals surface area contributed by atoms with Crippen molar-refractivity contribution in [2.45, 2.75) is 51.9 Å². The summed E-state index contributed by atoms with van der Waals surface area (Å²) in [7, 11) is 0. The largest absolute Gasteiger partial charge is 0.457 e. The first-order valence-corrected chi connectivity index (χ1v) is 9.35. The van der Waals surface area contributed by atoms with E-state index in [0.717, 1.165) is 11.3 Å². The van der Waals surface area contributed by atoms with Gasteiger partial charge in [-0.15, -0.1) is 0 Å². The van der Waals surface area contributed by atoms with Crippen molar-refractivity contribution >= 4 is 11.8 Å². The predicted molar refractivity (Wildman–Crippen MR) is 107 cm³/mol. The number of H-pyrrole nitrogens is 1. The van der Waals surface area contributed by atoms with Crippen molar-refractivity contribution in [1.82, 2.24) is 4.98 Å². The molecule has 0 radical (unpaired) electrons. The molecule has 1 atom stereocenters. The second-order valence-electron chi connectivity index (χ2n) is 8.27. The monoisotopic (exact) mass is 365 g/mol. The van der Waals surface area contributed by atoms with E-state index in [9.17, 15) is 9.59 Å². The number of ether oxygens (including phenoxy) is 1. The molecule has 3 rings (SSSR count). The Labute approximate surface area is 160 Å². The second-order valence-corrected chi connectivity index (χ2v) is 8.27. The number of rotatable bonds is 4. The van der Waals surface area contributed by atoms with E-state index in [1.54, 1.807) is 6.92 Å². The van der Waals surface area contributed by atoms with Gasteiger partial charge in [0, 0.05) is 17.7 Å². The Morgan fingerprint density at radius 3 is 2.52 bits per heavy atom. The molecule has 0 fully saturated rings. The van der Waals surface area contributed by atoms with E-state index in [1.807, 2.05) is 0 Å². The van der Waals surface area contributed by atoms with Gasteiger partial charge >= 0.3 is 5.97 Å². The number of nitrogens with one attached hydrogen (secondary N) is 1. The van der Waals surface area contributed by atoms with E-state index in [0.29, 0.717) is 29.7 Å². The third-order valence-electron chi connectivity index (χ3n) is 5.27. The van der Waals surface area contributed by atoms with Crippen molar-refractivity contribution < 1.29 is 14.3 Å². The molecule has 1 N–H and O–H groups in total. The summed E-state index contributed by atoms with van der Waals surface area (Å²) in [5, 5.41) is 0. The molecule has 0 bridgehead atoms. The van der Waals surface area contributed by atoms with Gasteiger partial charge in [0.25, 0.3) is 0 Å². The lowest BCUT2D eigenvalue weighted by atomic mass is 9.80. The minimum Gasteiger partial charge on any atom is -0.457 e. The predicted octanol–water partition coefficient (Wildman–Crippen LogP) is 4.88. The smallest absolute Gasteiger partial charge is 0.355 e. The Balaban J connectivity index is 1.87. The molecule has 1 aromatic carbocycles. The highest BCUT2D eigenvalue weighted by Gasteiger charge is 2.32. The minimum absolute atomic E-state index is 0.0812. The van der Waals surface area contributed by atoms with Gasteiger partial charge in [-0.3, -0.25) is 4.79 Å². The third-order valence-corrected chi connectivity index (χ3v) is 5.27. The van der Waals surface area contributed by atoms with Crippen molar-refractivity contribution in [3.8, 4) is 0 Å². The van der Waals surface area contributed by atoms with E-state index in [2.05, 4.69) is 56.6 Å². The quantitative estimate of drug-likeness (QED) is 0.621. The average molecular weight is 365 g/mol. The standard InChI is InChI=1S/C23H27NO3/c1-6-11-27-22(26)21-14(2)20-18(24-21)12-16(13-19(20)25)15-7-9-17(10-8-15)23(3,4)5/h6-10,16,24H,1,11-13H2,2-5H3. The Morgan fingerprint density at radius 2 is 1.93 bits per heavy atom. The molecule has 1 unspecified atom stereocenters. The molecule has 1 aromatic heterocycles. The van der Waals surface area contributed by atoms with E-state index in [-0.39, 0.29) is 23.7 Å². The lowest BCUT2D eigenvalue weighted by Crippen LogP contribution is -2.19. The zero-order chi connectivity index (χ0) is 19.8. The molecule has 0 spiro atoms. The van der Waals surface area contributed by atoms with Crippen LogP contribution in [0.25, 0.3) is 0 Å². The molecule has 0 saturated carbocycles. The maximum atomic E-state index is 12.8. The zero-order valence-corrected chi connectivity index (χ0v) is 16.5. The van der Waals surface area contributed by atoms with Crippen LogP contribution in [0.15, 0.2) is 36.9 Å². The zero-order valence-electron chi connectivity index (χ0n) is 16.5. The van der Waals surface area contributed by atoms with Crippen LogP contribution in [0, 0.1) is 6.92 Å². The minimum atomic E-state index is -0.444. The summed E-state index contributed by atoms with van der Waals surface area (Å²) in [6, 6.07) is 8.54. The van der Waals surface area contributed by atoms with Gasteiger partial charge < -0.3 is 9.72 Å². The van der Waals surface area contributed by atoms with E-state index < -0.39 is 5.97 Å². The van der Waals surface area contributed by atoms with Crippen LogP contribution in [0.1, 0.15) is 76.3 Å². The summed E-state index contributed by atoms with van der Waals surface area (Å²) in [5.41, 5.74) is 5.08. The Bertz CT molecular complexity index is 882. The molecule has 4 heteroatoms. The van der Waals surface area contributed by atoms with E-state index >= 15 is 0 Å². The Kier molecular flexibility index (Phi) is 5.09. The Morgan fingerprint density at radius 1 is 1.26 bits per heavy atom. The number of carbonyl (C=O) groups is 2. The van der Waals surface area contributed by atoms with Crippen LogP contribution in [-0.4, -0.2) is 23.3 Å². The first kappa shape index (κ1) is 19.2. The van der Waals surface area contributed by atoms with Crippen LogP contribution in [0.2, 0.25) is 0 Å². The molecule has 0 saturated heterocycles. The fraction of sp³-hybridized carbons (Fsp3) is 0.391. The first-order valence-electron chi connectivity index (χ1n) is 9.35. The van der Waals surface area contributed by atoms with Crippen LogP contribution in [0.5, 0.6) is 0 Å². The molecule has 1 heterocycles. The summed E-state index contributed by atoms with van der Waals surface area (Å²) < 4.78 is 5.13. The average Bonchev–Trinajstić information content (AvgIpc) is 2.96. The fourth-order valence-corrected chi connectivity index (χ4v) is 3.74. The van der Waals surface area contributed by atoms with Crippen molar-refractivity contribution in [2.75, 3.05) is 6.61 Å². The van der Waals surface area contributed by atoms with Gasteiger partial charge in [0.2, 0.25) is 0 Å². The number of hydrogen-bond acceptors (Lipinski definition) is 3. The summed E-state index contributed by atoms with van der Waals surface area (Å²) in [4.78, 5) is 28.1. The normalized spacial score (nSPS) is 16.7.